The van der Waals surface area contributed by atoms with Gasteiger partial charge in [-0.2, -0.15) is 0 Å². The van der Waals surface area contributed by atoms with Crippen molar-refractivity contribution in [2.75, 3.05) is 33.1 Å². The predicted octanol–water partition coefficient (Wildman–Crippen LogP) is 3.75. The quantitative estimate of drug-likeness (QED) is 0.493. The van der Waals surface area contributed by atoms with Crippen molar-refractivity contribution in [3.05, 3.63) is 29.8 Å². The summed E-state index contributed by atoms with van der Waals surface area (Å²) < 4.78 is 5.06. The van der Waals surface area contributed by atoms with Gasteiger partial charge < -0.3 is 10.1 Å². The van der Waals surface area contributed by atoms with Gasteiger partial charge in [0.2, 0.25) is 0 Å². The van der Waals surface area contributed by atoms with Crippen LogP contribution in [0.1, 0.15) is 31.2 Å². The number of nitrogens with one attached hydrogen (secondary N) is 1. The van der Waals surface area contributed by atoms with Gasteiger partial charge in [-0.05, 0) is 62.7 Å². The highest BCUT2D eigenvalue weighted by Gasteiger charge is 1.98. The number of rotatable bonds is 11. The highest BCUT2D eigenvalue weighted by atomic mass is 32.2. The van der Waals surface area contributed by atoms with E-state index in [0.29, 0.717) is 0 Å². The van der Waals surface area contributed by atoms with Gasteiger partial charge in [-0.3, -0.25) is 0 Å². The summed E-state index contributed by atoms with van der Waals surface area (Å²) >= 11 is 1.98. The van der Waals surface area contributed by atoms with Crippen molar-refractivity contribution < 1.29 is 4.74 Å². The van der Waals surface area contributed by atoms with Crippen molar-refractivity contribution in [1.29, 1.82) is 0 Å². The van der Waals surface area contributed by atoms with Crippen LogP contribution in [0.2, 0.25) is 0 Å². The molecule has 1 N–H and O–H groups in total. The van der Waals surface area contributed by atoms with Crippen molar-refractivity contribution in [3.8, 4) is 0 Å². The third-order valence-electron chi connectivity index (χ3n) is 3.05. The molecule has 0 aliphatic carbocycles. The zero-order valence-electron chi connectivity index (χ0n) is 12.3. The van der Waals surface area contributed by atoms with Crippen LogP contribution in [0.4, 0.5) is 0 Å². The SMILES string of the molecule is CNCCCc1cccc(SCCCCCOC)c1. The highest BCUT2D eigenvalue weighted by molar-refractivity contribution is 7.99. The van der Waals surface area contributed by atoms with Crippen LogP contribution in [0.5, 0.6) is 0 Å². The van der Waals surface area contributed by atoms with Crippen molar-refractivity contribution in [2.45, 2.75) is 37.0 Å². The van der Waals surface area contributed by atoms with Crippen molar-refractivity contribution >= 4 is 11.8 Å². The van der Waals surface area contributed by atoms with E-state index in [1.54, 1.807) is 7.11 Å². The van der Waals surface area contributed by atoms with Crippen LogP contribution >= 0.6 is 11.8 Å². The Morgan fingerprint density at radius 3 is 2.84 bits per heavy atom. The van der Waals surface area contributed by atoms with E-state index < -0.39 is 0 Å². The molecule has 0 amide bonds. The maximum Gasteiger partial charge on any atom is 0.0462 e. The van der Waals surface area contributed by atoms with E-state index in [4.69, 9.17) is 4.74 Å². The molecule has 0 saturated heterocycles. The number of unbranched alkanes of at least 4 members (excludes halogenated alkanes) is 2. The Kier molecular flexibility index (Phi) is 9.86. The van der Waals surface area contributed by atoms with Crippen molar-refractivity contribution in [1.82, 2.24) is 5.32 Å². The third kappa shape index (κ3) is 8.30. The fraction of sp³-hybridized carbons (Fsp3) is 0.625. The molecule has 0 radical (unpaired) electrons. The lowest BCUT2D eigenvalue weighted by molar-refractivity contribution is 0.192. The van der Waals surface area contributed by atoms with Gasteiger partial charge in [0, 0.05) is 18.6 Å². The molecule has 2 nitrogen and oxygen atoms in total. The zero-order chi connectivity index (χ0) is 13.8. The Labute approximate surface area is 122 Å². The van der Waals surface area contributed by atoms with Gasteiger partial charge in [-0.25, -0.2) is 0 Å². The summed E-state index contributed by atoms with van der Waals surface area (Å²) in [4.78, 5) is 1.41. The number of methoxy groups -OCH3 is 1. The number of hydrogen-bond donors (Lipinski definition) is 1. The van der Waals surface area contributed by atoms with Gasteiger partial charge in [0.1, 0.15) is 0 Å². The van der Waals surface area contributed by atoms with Crippen molar-refractivity contribution in [2.24, 2.45) is 0 Å². The summed E-state index contributed by atoms with van der Waals surface area (Å²) in [6.07, 6.45) is 6.10. The zero-order valence-corrected chi connectivity index (χ0v) is 13.1. The summed E-state index contributed by atoms with van der Waals surface area (Å²) in [5, 5.41) is 3.20. The van der Waals surface area contributed by atoms with Crippen LogP contribution in [0.15, 0.2) is 29.2 Å². The second-order valence-electron chi connectivity index (χ2n) is 4.76. The first kappa shape index (κ1) is 16.5. The van der Waals surface area contributed by atoms with E-state index in [9.17, 15) is 0 Å². The molecular weight excluding hydrogens is 254 g/mol. The molecule has 1 rings (SSSR count). The number of ether oxygens (including phenoxy) is 1. The van der Waals surface area contributed by atoms with E-state index in [2.05, 4.69) is 29.6 Å². The molecule has 1 aromatic carbocycles. The maximum atomic E-state index is 5.06. The summed E-state index contributed by atoms with van der Waals surface area (Å²) in [5.74, 6) is 1.21. The first-order chi connectivity index (χ1) is 9.36. The second-order valence-corrected chi connectivity index (χ2v) is 5.92. The van der Waals surface area contributed by atoms with Gasteiger partial charge in [0.25, 0.3) is 0 Å². The van der Waals surface area contributed by atoms with E-state index in [-0.39, 0.29) is 0 Å². The number of thioether (sulfide) groups is 1. The normalized spacial score (nSPS) is 10.8. The maximum absolute atomic E-state index is 5.06. The molecule has 0 fully saturated rings. The van der Waals surface area contributed by atoms with Crippen molar-refractivity contribution in [3.63, 3.8) is 0 Å². The monoisotopic (exact) mass is 281 g/mol. The summed E-state index contributed by atoms with van der Waals surface area (Å²) in [6.45, 7) is 1.99. The molecule has 0 saturated carbocycles. The van der Waals surface area contributed by atoms with Crippen LogP contribution in [0.3, 0.4) is 0 Å². The highest BCUT2D eigenvalue weighted by Crippen LogP contribution is 2.21. The molecule has 0 aliphatic rings. The number of hydrogen-bond acceptors (Lipinski definition) is 3. The minimum Gasteiger partial charge on any atom is -0.385 e. The molecule has 1 aromatic rings. The van der Waals surface area contributed by atoms with Gasteiger partial charge in [-0.15, -0.1) is 11.8 Å². The summed E-state index contributed by atoms with van der Waals surface area (Å²) in [7, 11) is 3.78. The number of benzene rings is 1. The molecule has 19 heavy (non-hydrogen) atoms. The van der Waals surface area contributed by atoms with Gasteiger partial charge in [0.05, 0.1) is 0 Å². The van der Waals surface area contributed by atoms with E-state index in [1.165, 1.54) is 48.3 Å². The standard InChI is InChI=1S/C16H27NOS/c1-17-11-7-9-15-8-6-10-16(14-15)19-13-5-3-4-12-18-2/h6,8,10,14,17H,3-5,7,9,11-13H2,1-2H3. The molecule has 0 spiro atoms. The average Bonchev–Trinajstić information content (AvgIpc) is 2.43. The molecule has 0 aromatic heterocycles. The largest absolute Gasteiger partial charge is 0.385 e. The minimum absolute atomic E-state index is 0.894. The molecule has 0 unspecified atom stereocenters. The summed E-state index contributed by atoms with van der Waals surface area (Å²) in [6, 6.07) is 8.98. The lowest BCUT2D eigenvalue weighted by atomic mass is 10.1. The Balaban J connectivity index is 2.20. The Morgan fingerprint density at radius 2 is 2.05 bits per heavy atom. The predicted molar refractivity (Wildman–Crippen MR) is 85.1 cm³/mol. The molecule has 0 heterocycles. The Hall–Kier alpha value is -0.510. The average molecular weight is 281 g/mol. The lowest BCUT2D eigenvalue weighted by Crippen LogP contribution is -2.08. The van der Waals surface area contributed by atoms with Crippen LogP contribution in [-0.4, -0.2) is 33.1 Å². The molecule has 0 atom stereocenters. The Morgan fingerprint density at radius 1 is 1.16 bits per heavy atom. The molecule has 108 valence electrons. The minimum atomic E-state index is 0.894. The fourth-order valence-corrected chi connectivity index (χ4v) is 2.97. The van der Waals surface area contributed by atoms with Crippen LogP contribution < -0.4 is 5.32 Å². The second kappa shape index (κ2) is 11.3. The fourth-order valence-electron chi connectivity index (χ4n) is 1.98. The molecule has 0 aliphatic heterocycles. The molecule has 0 bridgehead atoms. The van der Waals surface area contributed by atoms with E-state index in [1.807, 2.05) is 18.8 Å². The first-order valence-corrected chi connectivity index (χ1v) is 8.20. The first-order valence-electron chi connectivity index (χ1n) is 7.22. The van der Waals surface area contributed by atoms with E-state index in [0.717, 1.165) is 13.2 Å². The third-order valence-corrected chi connectivity index (χ3v) is 4.13. The number of aryl methyl sites for hydroxylation is 1. The molecule has 3 heteroatoms. The van der Waals surface area contributed by atoms with Crippen LogP contribution in [0.25, 0.3) is 0 Å². The molecular formula is C16H27NOS. The van der Waals surface area contributed by atoms with Gasteiger partial charge in [0.15, 0.2) is 0 Å². The topological polar surface area (TPSA) is 21.3 Å². The summed E-state index contributed by atoms with van der Waals surface area (Å²) in [5.41, 5.74) is 1.46. The van der Waals surface area contributed by atoms with E-state index >= 15 is 0 Å². The van der Waals surface area contributed by atoms with Gasteiger partial charge >= 0.3 is 0 Å². The smallest absolute Gasteiger partial charge is 0.0462 e. The van der Waals surface area contributed by atoms with Gasteiger partial charge in [-0.1, -0.05) is 18.6 Å². The van der Waals surface area contributed by atoms with Crippen LogP contribution in [0, 0.1) is 0 Å². The Bertz CT molecular complexity index is 330. The lowest BCUT2D eigenvalue weighted by Gasteiger charge is -2.05. The van der Waals surface area contributed by atoms with Crippen LogP contribution in [-0.2, 0) is 11.2 Å².